The summed E-state index contributed by atoms with van der Waals surface area (Å²) < 4.78 is 11.2. The molecular formula is C17H24N4O3. The molecule has 3 fully saturated rings. The third-order valence-corrected chi connectivity index (χ3v) is 4.90. The van der Waals surface area contributed by atoms with E-state index in [-0.39, 0.29) is 18.2 Å². The normalized spacial score (nSPS) is 27.3. The molecule has 2 atom stereocenters. The predicted octanol–water partition coefficient (Wildman–Crippen LogP) is 1.24. The van der Waals surface area contributed by atoms with Crippen LogP contribution in [0.4, 0.5) is 10.6 Å². The van der Waals surface area contributed by atoms with E-state index in [1.54, 1.807) is 0 Å². The number of cyclic esters (lactones) is 1. The fraction of sp³-hybridized carbons (Fsp3) is 0.647. The lowest BCUT2D eigenvalue weighted by atomic mass is 10.3. The molecule has 0 radical (unpaired) electrons. The topological polar surface area (TPSA) is 66.9 Å². The van der Waals surface area contributed by atoms with Gasteiger partial charge in [0.05, 0.1) is 6.04 Å². The number of amides is 1. The van der Waals surface area contributed by atoms with Gasteiger partial charge in [0.15, 0.2) is 11.6 Å². The summed E-state index contributed by atoms with van der Waals surface area (Å²) in [4.78, 5) is 20.3. The van der Waals surface area contributed by atoms with Crippen LogP contribution in [0.25, 0.3) is 0 Å². The van der Waals surface area contributed by atoms with Crippen LogP contribution in [0.2, 0.25) is 0 Å². The van der Waals surface area contributed by atoms with Crippen molar-refractivity contribution in [3.8, 4) is 5.75 Å². The molecule has 0 aliphatic carbocycles. The van der Waals surface area contributed by atoms with Gasteiger partial charge in [0.2, 0.25) is 0 Å². The maximum atomic E-state index is 11.1. The molecule has 1 amide bonds. The van der Waals surface area contributed by atoms with E-state index in [4.69, 9.17) is 9.47 Å². The van der Waals surface area contributed by atoms with Gasteiger partial charge in [0.1, 0.15) is 12.7 Å². The Hall–Kier alpha value is -2.02. The average Bonchev–Trinajstić information content (AvgIpc) is 3.32. The highest BCUT2D eigenvalue weighted by Crippen LogP contribution is 2.30. The first-order chi connectivity index (χ1) is 11.8. The molecule has 7 heteroatoms. The standard InChI is InChI=1S/C17H24N4O3/c22-17-19-13(12-23-17)10-20-9-5-14(11-20)24-15-4-3-6-18-16(15)21-7-1-2-8-21/h3-4,6,13-14H,1-2,5,7-12H2,(H,19,22)/t13-,14-/m1/s1. The smallest absolute Gasteiger partial charge is 0.407 e. The lowest BCUT2D eigenvalue weighted by Gasteiger charge is -2.23. The van der Waals surface area contributed by atoms with Gasteiger partial charge in [-0.05, 0) is 31.4 Å². The maximum Gasteiger partial charge on any atom is 0.407 e. The van der Waals surface area contributed by atoms with Crippen molar-refractivity contribution in [1.29, 1.82) is 0 Å². The third-order valence-electron chi connectivity index (χ3n) is 4.90. The Morgan fingerprint density at radius 1 is 1.33 bits per heavy atom. The lowest BCUT2D eigenvalue weighted by molar-refractivity contribution is 0.173. The summed E-state index contributed by atoms with van der Waals surface area (Å²) in [6.45, 7) is 5.26. The van der Waals surface area contributed by atoms with E-state index < -0.39 is 0 Å². The van der Waals surface area contributed by atoms with Crippen molar-refractivity contribution in [1.82, 2.24) is 15.2 Å². The summed E-state index contributed by atoms with van der Waals surface area (Å²) in [5.74, 6) is 1.87. The van der Waals surface area contributed by atoms with E-state index in [1.165, 1.54) is 12.8 Å². The van der Waals surface area contributed by atoms with Crippen LogP contribution in [0.5, 0.6) is 5.75 Å². The Kier molecular flexibility index (Phi) is 4.42. The van der Waals surface area contributed by atoms with Crippen LogP contribution < -0.4 is 15.0 Å². The Morgan fingerprint density at radius 3 is 3.00 bits per heavy atom. The van der Waals surface area contributed by atoms with Crippen LogP contribution >= 0.6 is 0 Å². The molecule has 0 unspecified atom stereocenters. The Morgan fingerprint density at radius 2 is 2.21 bits per heavy atom. The van der Waals surface area contributed by atoms with Gasteiger partial charge in [-0.1, -0.05) is 0 Å². The molecule has 24 heavy (non-hydrogen) atoms. The van der Waals surface area contributed by atoms with Crippen LogP contribution in [0.1, 0.15) is 19.3 Å². The van der Waals surface area contributed by atoms with E-state index in [2.05, 4.69) is 20.1 Å². The predicted molar refractivity (Wildman–Crippen MR) is 89.4 cm³/mol. The number of nitrogens with one attached hydrogen (secondary N) is 1. The number of hydrogen-bond donors (Lipinski definition) is 1. The van der Waals surface area contributed by atoms with Crippen LogP contribution in [0.15, 0.2) is 18.3 Å². The number of alkyl carbamates (subject to hydrolysis) is 1. The maximum absolute atomic E-state index is 11.1. The molecule has 0 aromatic carbocycles. The van der Waals surface area contributed by atoms with Gasteiger partial charge in [-0.2, -0.15) is 0 Å². The number of nitrogens with zero attached hydrogens (tertiary/aromatic N) is 3. The van der Waals surface area contributed by atoms with Crippen LogP contribution in [-0.4, -0.2) is 67.5 Å². The minimum Gasteiger partial charge on any atom is -0.485 e. The van der Waals surface area contributed by atoms with Crippen molar-refractivity contribution in [2.24, 2.45) is 0 Å². The summed E-state index contributed by atoms with van der Waals surface area (Å²) in [7, 11) is 0. The molecule has 0 spiro atoms. The van der Waals surface area contributed by atoms with Crippen molar-refractivity contribution in [2.45, 2.75) is 31.4 Å². The molecule has 0 saturated carbocycles. The van der Waals surface area contributed by atoms with Crippen molar-refractivity contribution in [3.63, 3.8) is 0 Å². The summed E-state index contributed by atoms with van der Waals surface area (Å²) in [5, 5.41) is 2.83. The number of carbonyl (C=O) groups is 1. The van der Waals surface area contributed by atoms with Crippen LogP contribution in [0.3, 0.4) is 0 Å². The highest BCUT2D eigenvalue weighted by atomic mass is 16.6. The monoisotopic (exact) mass is 332 g/mol. The Labute approximate surface area is 141 Å². The number of anilines is 1. The largest absolute Gasteiger partial charge is 0.485 e. The van der Waals surface area contributed by atoms with Crippen LogP contribution in [-0.2, 0) is 4.74 Å². The second kappa shape index (κ2) is 6.84. The Balaban J connectivity index is 1.34. The molecule has 7 nitrogen and oxygen atoms in total. The number of rotatable bonds is 5. The van der Waals surface area contributed by atoms with E-state index >= 15 is 0 Å². The van der Waals surface area contributed by atoms with Gasteiger partial charge in [0, 0.05) is 38.9 Å². The van der Waals surface area contributed by atoms with E-state index in [1.807, 2.05) is 18.3 Å². The quantitative estimate of drug-likeness (QED) is 0.875. The van der Waals surface area contributed by atoms with Gasteiger partial charge in [-0.25, -0.2) is 9.78 Å². The zero-order chi connectivity index (χ0) is 16.4. The third kappa shape index (κ3) is 3.40. The number of ether oxygens (including phenoxy) is 2. The number of pyridine rings is 1. The second-order valence-electron chi connectivity index (χ2n) is 6.75. The number of aromatic nitrogens is 1. The number of carbonyl (C=O) groups excluding carboxylic acids is 1. The molecule has 4 rings (SSSR count). The van der Waals surface area contributed by atoms with Gasteiger partial charge in [-0.3, -0.25) is 4.90 Å². The van der Waals surface area contributed by atoms with Gasteiger partial charge in [0.25, 0.3) is 0 Å². The van der Waals surface area contributed by atoms with Gasteiger partial charge >= 0.3 is 6.09 Å². The van der Waals surface area contributed by atoms with Crippen molar-refractivity contribution in [2.75, 3.05) is 44.2 Å². The summed E-state index contributed by atoms with van der Waals surface area (Å²) >= 11 is 0. The van der Waals surface area contributed by atoms with Crippen molar-refractivity contribution >= 4 is 11.9 Å². The first kappa shape index (κ1) is 15.5. The molecule has 1 N–H and O–H groups in total. The minimum atomic E-state index is -0.308. The zero-order valence-electron chi connectivity index (χ0n) is 13.8. The van der Waals surface area contributed by atoms with Crippen molar-refractivity contribution < 1.29 is 14.3 Å². The minimum absolute atomic E-state index is 0.0924. The van der Waals surface area contributed by atoms with Crippen molar-refractivity contribution in [3.05, 3.63) is 18.3 Å². The summed E-state index contributed by atoms with van der Waals surface area (Å²) in [6.07, 6.45) is 5.15. The van der Waals surface area contributed by atoms with E-state index in [9.17, 15) is 4.79 Å². The second-order valence-corrected chi connectivity index (χ2v) is 6.75. The average molecular weight is 332 g/mol. The molecular weight excluding hydrogens is 308 g/mol. The molecule has 4 heterocycles. The fourth-order valence-electron chi connectivity index (χ4n) is 3.72. The highest BCUT2D eigenvalue weighted by molar-refractivity contribution is 5.69. The summed E-state index contributed by atoms with van der Waals surface area (Å²) in [5.41, 5.74) is 0. The Bertz CT molecular complexity index is 591. The van der Waals surface area contributed by atoms with E-state index in [0.29, 0.717) is 6.61 Å². The first-order valence-corrected chi connectivity index (χ1v) is 8.80. The SMILES string of the molecule is O=C1N[C@H](CN2CC[C@@H](Oc3cccnc3N3CCCC3)C2)CO1. The molecule has 3 aliphatic rings. The summed E-state index contributed by atoms with van der Waals surface area (Å²) in [6, 6.07) is 4.05. The number of hydrogen-bond acceptors (Lipinski definition) is 6. The van der Waals surface area contributed by atoms with E-state index in [0.717, 1.165) is 50.7 Å². The molecule has 3 aliphatic heterocycles. The zero-order valence-corrected chi connectivity index (χ0v) is 13.8. The lowest BCUT2D eigenvalue weighted by Crippen LogP contribution is -2.39. The molecule has 3 saturated heterocycles. The first-order valence-electron chi connectivity index (χ1n) is 8.80. The fourth-order valence-corrected chi connectivity index (χ4v) is 3.72. The molecule has 1 aromatic heterocycles. The van der Waals surface area contributed by atoms with Crippen LogP contribution in [0, 0.1) is 0 Å². The molecule has 130 valence electrons. The molecule has 1 aromatic rings. The van der Waals surface area contributed by atoms with Gasteiger partial charge in [-0.15, -0.1) is 0 Å². The van der Waals surface area contributed by atoms with Gasteiger partial charge < -0.3 is 19.7 Å². The highest BCUT2D eigenvalue weighted by Gasteiger charge is 2.30. The molecule has 0 bridgehead atoms. The number of likely N-dealkylation sites (tertiary alicyclic amines) is 1.